The molecule has 0 bridgehead atoms. The van der Waals surface area contributed by atoms with Crippen LogP contribution in [0.4, 0.5) is 0 Å². The highest BCUT2D eigenvalue weighted by Crippen LogP contribution is 2.55. The molecule has 0 fully saturated rings. The molecule has 2 radical (unpaired) electrons. The fourth-order valence-electron chi connectivity index (χ4n) is 5.22. The molecular weight excluding hydrogens is 447 g/mol. The van der Waals surface area contributed by atoms with Crippen LogP contribution in [0.25, 0.3) is 11.6 Å². The quantitative estimate of drug-likeness (QED) is 0.287. The molecule has 0 amide bonds. The van der Waals surface area contributed by atoms with Crippen LogP contribution in [0.15, 0.2) is 47.5 Å². The van der Waals surface area contributed by atoms with Crippen LogP contribution in [0, 0.1) is 11.8 Å². The third kappa shape index (κ3) is 3.95. The topological polar surface area (TPSA) is 0 Å². The van der Waals surface area contributed by atoms with E-state index in [1.807, 2.05) is 0 Å². The van der Waals surface area contributed by atoms with Gasteiger partial charge in [-0.1, -0.05) is 75.7 Å². The Morgan fingerprint density at radius 2 is 1.34 bits per heavy atom. The van der Waals surface area contributed by atoms with E-state index in [9.17, 15) is 0 Å². The third-order valence-electron chi connectivity index (χ3n) is 6.97. The molecule has 0 saturated heterocycles. The molecule has 2 aromatic carbocycles. The van der Waals surface area contributed by atoms with Gasteiger partial charge in [-0.05, 0) is 90.0 Å². The molecule has 0 saturated carbocycles. The molecule has 0 aliphatic heterocycles. The predicted octanol–water partition coefficient (Wildman–Crippen LogP) is 8.50. The van der Waals surface area contributed by atoms with Crippen LogP contribution in [0.2, 0.25) is 0 Å². The average Bonchev–Trinajstić information content (AvgIpc) is 3.04. The van der Waals surface area contributed by atoms with E-state index >= 15 is 0 Å². The second-order valence-electron chi connectivity index (χ2n) is 10.5. The van der Waals surface area contributed by atoms with Gasteiger partial charge >= 0.3 is 0 Å². The van der Waals surface area contributed by atoms with Gasteiger partial charge in [0.1, 0.15) is 9.52 Å². The largest absolute Gasteiger partial charge is 0.118 e. The van der Waals surface area contributed by atoms with E-state index in [-0.39, 0.29) is 0 Å². The molecule has 2 aliphatic rings. The van der Waals surface area contributed by atoms with Crippen LogP contribution in [-0.2, 0) is 21.8 Å². The summed E-state index contributed by atoms with van der Waals surface area (Å²) in [6, 6.07) is 13.7. The molecular formula is C29H34Cl2Si. The van der Waals surface area contributed by atoms with Gasteiger partial charge in [0.2, 0.25) is 0 Å². The molecule has 0 heterocycles. The summed E-state index contributed by atoms with van der Waals surface area (Å²) in [5.74, 6) is 1.27. The monoisotopic (exact) mass is 480 g/mol. The molecule has 2 aliphatic carbocycles. The lowest BCUT2D eigenvalue weighted by atomic mass is 9.97. The van der Waals surface area contributed by atoms with Crippen molar-refractivity contribution in [2.45, 2.75) is 70.3 Å². The van der Waals surface area contributed by atoms with Crippen molar-refractivity contribution in [3.63, 3.8) is 0 Å². The van der Waals surface area contributed by atoms with Gasteiger partial charge in [-0.3, -0.25) is 0 Å². The van der Waals surface area contributed by atoms with Crippen LogP contribution in [0.3, 0.4) is 0 Å². The number of fused-ring (bicyclic) bond motifs is 2. The van der Waals surface area contributed by atoms with Gasteiger partial charge in [-0.25, -0.2) is 0 Å². The van der Waals surface area contributed by atoms with E-state index in [1.54, 1.807) is 0 Å². The molecule has 32 heavy (non-hydrogen) atoms. The van der Waals surface area contributed by atoms with Gasteiger partial charge in [-0.2, -0.15) is 0 Å². The molecule has 3 heteroatoms. The number of hydrogen-bond acceptors (Lipinski definition) is 0. The number of halogens is 2. The summed E-state index contributed by atoms with van der Waals surface area (Å²) < 4.78 is -1.13. The average molecular weight is 482 g/mol. The van der Waals surface area contributed by atoms with Crippen molar-refractivity contribution in [1.29, 1.82) is 0 Å². The van der Waals surface area contributed by atoms with Crippen LogP contribution in [0.5, 0.6) is 0 Å². The van der Waals surface area contributed by atoms with E-state index in [4.69, 9.17) is 23.2 Å². The number of rotatable bonds is 6. The lowest BCUT2D eigenvalue weighted by Gasteiger charge is -2.35. The molecule has 4 rings (SSSR count). The van der Waals surface area contributed by atoms with Gasteiger partial charge in [0.05, 0.1) is 8.99 Å². The number of hydrogen-bond donors (Lipinski definition) is 0. The van der Waals surface area contributed by atoms with E-state index < -0.39 is 8.99 Å². The second-order valence-corrected chi connectivity index (χ2v) is 14.0. The van der Waals surface area contributed by atoms with Gasteiger partial charge in [0, 0.05) is 0 Å². The number of benzene rings is 2. The standard InChI is InChI=1S/C29H34Cl2Si/c1-17(2)12-22-8-10-26-24(15-22)14-19(5)28(26,30)32-29(31)21(7)20(6)25-16-23(13-18(3)4)9-11-27(25)29/h8-11,14-18H,12-13H2,1-7H3. The summed E-state index contributed by atoms with van der Waals surface area (Å²) in [6.45, 7) is 15.6. The first-order chi connectivity index (χ1) is 15.0. The second kappa shape index (κ2) is 8.49. The first kappa shape index (κ1) is 23.9. The fraction of sp³-hybridized carbons (Fsp3) is 0.448. The Kier molecular flexibility index (Phi) is 6.33. The highest BCUT2D eigenvalue weighted by molar-refractivity contribution is 6.69. The lowest BCUT2D eigenvalue weighted by molar-refractivity contribution is 0.647. The van der Waals surface area contributed by atoms with Crippen molar-refractivity contribution in [2.75, 3.05) is 0 Å². The van der Waals surface area contributed by atoms with Crippen molar-refractivity contribution in [1.82, 2.24) is 0 Å². The van der Waals surface area contributed by atoms with Gasteiger partial charge in [0.15, 0.2) is 0 Å². The molecule has 2 unspecified atom stereocenters. The minimum absolute atomic E-state index is 0.316. The van der Waals surface area contributed by atoms with Gasteiger partial charge in [0.25, 0.3) is 0 Å². The van der Waals surface area contributed by atoms with E-state index in [0.29, 0.717) is 21.4 Å². The Labute approximate surface area is 206 Å². The Bertz CT molecular complexity index is 1120. The molecule has 2 atom stereocenters. The minimum Gasteiger partial charge on any atom is -0.114 e. The van der Waals surface area contributed by atoms with Crippen LogP contribution in [-0.4, -0.2) is 9.52 Å². The maximum absolute atomic E-state index is 7.55. The highest BCUT2D eigenvalue weighted by atomic mass is 35.5. The van der Waals surface area contributed by atoms with Crippen molar-refractivity contribution >= 4 is 44.4 Å². The van der Waals surface area contributed by atoms with E-state index in [1.165, 1.54) is 50.1 Å². The summed E-state index contributed by atoms with van der Waals surface area (Å²) >= 11 is 15.0. The zero-order chi connectivity index (χ0) is 23.4. The zero-order valence-electron chi connectivity index (χ0n) is 20.4. The lowest BCUT2D eigenvalue weighted by Crippen LogP contribution is -2.40. The van der Waals surface area contributed by atoms with Crippen molar-refractivity contribution in [3.05, 3.63) is 80.9 Å². The normalized spacial score (nSPS) is 24.4. The van der Waals surface area contributed by atoms with Crippen molar-refractivity contribution < 1.29 is 0 Å². The summed E-state index contributed by atoms with van der Waals surface area (Å²) in [5.41, 5.74) is 11.5. The maximum atomic E-state index is 7.55. The number of allylic oxidation sites excluding steroid dienone is 3. The maximum Gasteiger partial charge on any atom is 0.118 e. The summed E-state index contributed by atoms with van der Waals surface area (Å²) in [6.07, 6.45) is 4.45. The molecule has 0 spiro atoms. The predicted molar refractivity (Wildman–Crippen MR) is 143 cm³/mol. The Balaban J connectivity index is 1.73. The Hall–Kier alpha value is -1.28. The highest BCUT2D eigenvalue weighted by Gasteiger charge is 2.50. The zero-order valence-corrected chi connectivity index (χ0v) is 22.9. The molecule has 0 nitrogen and oxygen atoms in total. The fourth-order valence-corrected chi connectivity index (χ4v) is 8.58. The SMILES string of the molecule is CC1=Cc2cc(CC(C)C)ccc2C1(Cl)[Si]C1(Cl)C(C)=C(C)c2cc(CC(C)C)ccc21. The molecule has 0 N–H and O–H groups in total. The first-order valence-corrected chi connectivity index (χ1v) is 13.5. The Morgan fingerprint density at radius 1 is 0.781 bits per heavy atom. The van der Waals surface area contributed by atoms with Crippen LogP contribution in [0.1, 0.15) is 81.8 Å². The smallest absolute Gasteiger partial charge is 0.114 e. The Morgan fingerprint density at radius 3 is 1.94 bits per heavy atom. The van der Waals surface area contributed by atoms with Gasteiger partial charge in [-0.15, -0.1) is 23.2 Å². The van der Waals surface area contributed by atoms with E-state index in [0.717, 1.165) is 12.8 Å². The third-order valence-corrected chi connectivity index (χ3v) is 10.5. The van der Waals surface area contributed by atoms with Crippen molar-refractivity contribution in [2.24, 2.45) is 11.8 Å². The van der Waals surface area contributed by atoms with Crippen molar-refractivity contribution in [3.8, 4) is 0 Å². The summed E-state index contributed by atoms with van der Waals surface area (Å²) in [5, 5.41) is 0. The molecule has 0 aromatic heterocycles. The van der Waals surface area contributed by atoms with E-state index in [2.05, 4.69) is 90.9 Å². The van der Waals surface area contributed by atoms with Gasteiger partial charge < -0.3 is 0 Å². The molecule has 168 valence electrons. The molecule has 2 aromatic rings. The van der Waals surface area contributed by atoms with Crippen LogP contribution < -0.4 is 0 Å². The summed E-state index contributed by atoms with van der Waals surface area (Å²) in [4.78, 5) is 0. The number of alkyl halides is 2. The van der Waals surface area contributed by atoms with Crippen LogP contribution >= 0.6 is 23.2 Å². The summed E-state index contributed by atoms with van der Waals surface area (Å²) in [7, 11) is 0.316. The first-order valence-electron chi connectivity index (χ1n) is 11.8. The minimum atomic E-state index is -0.565.